The Morgan fingerprint density at radius 3 is 2.31 bits per heavy atom. The summed E-state index contributed by atoms with van der Waals surface area (Å²) >= 11 is 0. The molecule has 0 aliphatic rings. The third kappa shape index (κ3) is 2.08. The second-order valence-electron chi connectivity index (χ2n) is 3.47. The average molecular weight is 213 g/mol. The van der Waals surface area contributed by atoms with Crippen LogP contribution in [0, 0.1) is 0 Å². The minimum absolute atomic E-state index is 0.644. The van der Waals surface area contributed by atoms with Crippen LogP contribution in [0.4, 0.5) is 0 Å². The summed E-state index contributed by atoms with van der Waals surface area (Å²) in [4.78, 5) is 15.2. The van der Waals surface area contributed by atoms with Gasteiger partial charge < -0.3 is 5.11 Å². The molecule has 0 aliphatic carbocycles. The Kier molecular flexibility index (Phi) is 2.96. The van der Waals surface area contributed by atoms with Gasteiger partial charge in [0.25, 0.3) is 0 Å². The van der Waals surface area contributed by atoms with Gasteiger partial charge in [0.2, 0.25) is 0 Å². The molecule has 0 bridgehead atoms. The summed E-state index contributed by atoms with van der Waals surface area (Å²) in [6, 6.07) is 12.7. The zero-order valence-electron chi connectivity index (χ0n) is 8.58. The zero-order valence-corrected chi connectivity index (χ0v) is 8.58. The van der Waals surface area contributed by atoms with Gasteiger partial charge in [0, 0.05) is 12.4 Å². The van der Waals surface area contributed by atoms with Crippen molar-refractivity contribution in [2.24, 2.45) is 0 Å². The van der Waals surface area contributed by atoms with Crippen molar-refractivity contribution in [1.82, 2.24) is 4.98 Å². The standard InChI is InChI=1S/C13H11NO2/c15-13(16)12(10-5-2-1-3-6-10)11-7-4-8-14-9-11/h1-9,12H,(H,15,16). The topological polar surface area (TPSA) is 50.2 Å². The van der Waals surface area contributed by atoms with Crippen LogP contribution in [-0.2, 0) is 4.79 Å². The Balaban J connectivity index is 2.44. The molecular weight excluding hydrogens is 202 g/mol. The molecule has 0 saturated carbocycles. The van der Waals surface area contributed by atoms with Crippen LogP contribution < -0.4 is 0 Å². The molecular formula is C13H11NO2. The lowest BCUT2D eigenvalue weighted by atomic mass is 9.93. The molecule has 0 amide bonds. The molecule has 0 saturated heterocycles. The molecule has 0 aliphatic heterocycles. The number of benzene rings is 1. The van der Waals surface area contributed by atoms with E-state index in [4.69, 9.17) is 0 Å². The molecule has 16 heavy (non-hydrogen) atoms. The highest BCUT2D eigenvalue weighted by molar-refractivity contribution is 5.80. The van der Waals surface area contributed by atoms with Crippen molar-refractivity contribution in [3.05, 3.63) is 66.0 Å². The normalized spacial score (nSPS) is 12.0. The Hall–Kier alpha value is -2.16. The van der Waals surface area contributed by atoms with E-state index in [2.05, 4.69) is 4.98 Å². The fourth-order valence-electron chi connectivity index (χ4n) is 1.67. The maximum absolute atomic E-state index is 11.3. The number of rotatable bonds is 3. The summed E-state index contributed by atoms with van der Waals surface area (Å²) < 4.78 is 0. The maximum atomic E-state index is 11.3. The number of aromatic nitrogens is 1. The second kappa shape index (κ2) is 4.57. The Morgan fingerprint density at radius 2 is 1.75 bits per heavy atom. The number of carboxylic acids is 1. The lowest BCUT2D eigenvalue weighted by Gasteiger charge is -2.12. The molecule has 1 aromatic carbocycles. The van der Waals surface area contributed by atoms with Gasteiger partial charge in [0.1, 0.15) is 5.92 Å². The summed E-state index contributed by atoms with van der Waals surface area (Å²) in [5.41, 5.74) is 1.46. The molecule has 1 heterocycles. The molecule has 2 rings (SSSR count). The summed E-state index contributed by atoms with van der Waals surface area (Å²) in [7, 11) is 0. The minimum Gasteiger partial charge on any atom is -0.481 e. The number of nitrogens with zero attached hydrogens (tertiary/aromatic N) is 1. The van der Waals surface area contributed by atoms with E-state index in [1.165, 1.54) is 0 Å². The predicted molar refractivity (Wildman–Crippen MR) is 60.2 cm³/mol. The van der Waals surface area contributed by atoms with E-state index in [1.54, 1.807) is 24.5 Å². The van der Waals surface area contributed by atoms with Crippen LogP contribution in [0.3, 0.4) is 0 Å². The molecule has 1 atom stereocenters. The van der Waals surface area contributed by atoms with Crippen molar-refractivity contribution >= 4 is 5.97 Å². The number of hydrogen-bond donors (Lipinski definition) is 1. The molecule has 3 nitrogen and oxygen atoms in total. The number of aliphatic carboxylic acids is 1. The minimum atomic E-state index is -0.862. The van der Waals surface area contributed by atoms with Crippen molar-refractivity contribution in [1.29, 1.82) is 0 Å². The molecule has 0 radical (unpaired) electrons. The first-order valence-corrected chi connectivity index (χ1v) is 4.96. The highest BCUT2D eigenvalue weighted by Gasteiger charge is 2.21. The molecule has 80 valence electrons. The molecule has 1 N–H and O–H groups in total. The average Bonchev–Trinajstić information content (AvgIpc) is 2.31. The van der Waals surface area contributed by atoms with Crippen LogP contribution in [-0.4, -0.2) is 16.1 Å². The lowest BCUT2D eigenvalue weighted by molar-refractivity contribution is -0.137. The van der Waals surface area contributed by atoms with Crippen molar-refractivity contribution in [2.75, 3.05) is 0 Å². The molecule has 3 heteroatoms. The van der Waals surface area contributed by atoms with Gasteiger partial charge in [-0.2, -0.15) is 0 Å². The first-order chi connectivity index (χ1) is 7.79. The highest BCUT2D eigenvalue weighted by atomic mass is 16.4. The van der Waals surface area contributed by atoms with Crippen molar-refractivity contribution < 1.29 is 9.90 Å². The van der Waals surface area contributed by atoms with Gasteiger partial charge in [0.05, 0.1) is 0 Å². The van der Waals surface area contributed by atoms with E-state index in [0.717, 1.165) is 5.56 Å². The van der Waals surface area contributed by atoms with Gasteiger partial charge in [0.15, 0.2) is 0 Å². The Morgan fingerprint density at radius 1 is 1.06 bits per heavy atom. The molecule has 1 unspecified atom stereocenters. The first kappa shape index (κ1) is 10.4. The predicted octanol–water partition coefficient (Wildman–Crippen LogP) is 2.30. The third-order valence-corrected chi connectivity index (χ3v) is 2.40. The van der Waals surface area contributed by atoms with Crippen LogP contribution >= 0.6 is 0 Å². The molecule has 1 aromatic heterocycles. The summed E-state index contributed by atoms with van der Waals surface area (Å²) in [6.07, 6.45) is 3.22. The summed E-state index contributed by atoms with van der Waals surface area (Å²) in [6.45, 7) is 0. The van der Waals surface area contributed by atoms with Crippen molar-refractivity contribution in [2.45, 2.75) is 5.92 Å². The smallest absolute Gasteiger partial charge is 0.315 e. The van der Waals surface area contributed by atoms with Gasteiger partial charge in [-0.3, -0.25) is 9.78 Å². The van der Waals surface area contributed by atoms with Gasteiger partial charge in [-0.05, 0) is 17.2 Å². The van der Waals surface area contributed by atoms with Crippen LogP contribution in [0.15, 0.2) is 54.9 Å². The van der Waals surface area contributed by atoms with Crippen molar-refractivity contribution in [3.8, 4) is 0 Å². The monoisotopic (exact) mass is 213 g/mol. The third-order valence-electron chi connectivity index (χ3n) is 2.40. The fraction of sp³-hybridized carbons (Fsp3) is 0.0769. The second-order valence-corrected chi connectivity index (χ2v) is 3.47. The van der Waals surface area contributed by atoms with Gasteiger partial charge in [-0.15, -0.1) is 0 Å². The number of carboxylic acid groups (broad SMARTS) is 1. The highest BCUT2D eigenvalue weighted by Crippen LogP contribution is 2.23. The summed E-state index contributed by atoms with van der Waals surface area (Å²) in [5, 5.41) is 9.25. The maximum Gasteiger partial charge on any atom is 0.315 e. The van der Waals surface area contributed by atoms with E-state index >= 15 is 0 Å². The van der Waals surface area contributed by atoms with E-state index in [0.29, 0.717) is 5.56 Å². The lowest BCUT2D eigenvalue weighted by Crippen LogP contribution is -2.13. The fourth-order valence-corrected chi connectivity index (χ4v) is 1.67. The summed E-state index contributed by atoms with van der Waals surface area (Å²) in [5.74, 6) is -1.51. The molecule has 0 spiro atoms. The number of carbonyl (C=O) groups is 1. The van der Waals surface area contributed by atoms with Crippen molar-refractivity contribution in [3.63, 3.8) is 0 Å². The first-order valence-electron chi connectivity index (χ1n) is 4.96. The van der Waals surface area contributed by atoms with Crippen LogP contribution in [0.5, 0.6) is 0 Å². The van der Waals surface area contributed by atoms with Crippen LogP contribution in [0.25, 0.3) is 0 Å². The van der Waals surface area contributed by atoms with E-state index in [9.17, 15) is 9.90 Å². The largest absolute Gasteiger partial charge is 0.481 e. The Bertz CT molecular complexity index is 428. The molecule has 2 aromatic rings. The number of pyridine rings is 1. The van der Waals surface area contributed by atoms with Gasteiger partial charge in [-0.25, -0.2) is 0 Å². The van der Waals surface area contributed by atoms with Gasteiger partial charge >= 0.3 is 5.97 Å². The van der Waals surface area contributed by atoms with E-state index < -0.39 is 11.9 Å². The van der Waals surface area contributed by atoms with E-state index in [1.807, 2.05) is 30.3 Å². The Labute approximate surface area is 93.4 Å². The van der Waals surface area contributed by atoms with E-state index in [-0.39, 0.29) is 0 Å². The van der Waals surface area contributed by atoms with Gasteiger partial charge in [-0.1, -0.05) is 36.4 Å². The van der Waals surface area contributed by atoms with Crippen LogP contribution in [0.2, 0.25) is 0 Å². The molecule has 0 fully saturated rings. The zero-order chi connectivity index (χ0) is 11.4. The number of hydrogen-bond acceptors (Lipinski definition) is 2. The quantitative estimate of drug-likeness (QED) is 0.851. The van der Waals surface area contributed by atoms with Crippen LogP contribution in [0.1, 0.15) is 17.0 Å². The SMILES string of the molecule is O=C(O)C(c1ccccc1)c1cccnc1.